The van der Waals surface area contributed by atoms with Gasteiger partial charge in [0, 0.05) is 18.2 Å². The van der Waals surface area contributed by atoms with Crippen LogP contribution in [-0.4, -0.2) is 29.8 Å². The molecule has 0 bridgehead atoms. The SMILES string of the molecule is COc1ccccc1C1=NOC(C(=O)Nc2ccccn2)C1. The third kappa shape index (κ3) is 2.90. The number of anilines is 1. The van der Waals surface area contributed by atoms with E-state index in [2.05, 4.69) is 15.5 Å². The number of nitrogens with zero attached hydrogens (tertiary/aromatic N) is 2. The van der Waals surface area contributed by atoms with Gasteiger partial charge in [0.05, 0.1) is 12.8 Å². The van der Waals surface area contributed by atoms with Crippen LogP contribution in [0.5, 0.6) is 5.75 Å². The molecule has 112 valence electrons. The Morgan fingerprint density at radius 2 is 2.09 bits per heavy atom. The highest BCUT2D eigenvalue weighted by molar-refractivity contribution is 6.07. The lowest BCUT2D eigenvalue weighted by Gasteiger charge is -2.09. The molecule has 1 aliphatic heterocycles. The zero-order valence-electron chi connectivity index (χ0n) is 12.0. The molecular formula is C16H15N3O3. The molecule has 0 saturated carbocycles. The molecule has 6 nitrogen and oxygen atoms in total. The van der Waals surface area contributed by atoms with E-state index >= 15 is 0 Å². The first-order valence-electron chi connectivity index (χ1n) is 6.86. The largest absolute Gasteiger partial charge is 0.496 e. The minimum Gasteiger partial charge on any atom is -0.496 e. The maximum absolute atomic E-state index is 12.2. The molecule has 0 saturated heterocycles. The van der Waals surface area contributed by atoms with Crippen molar-refractivity contribution in [3.63, 3.8) is 0 Å². The van der Waals surface area contributed by atoms with Crippen molar-refractivity contribution < 1.29 is 14.4 Å². The van der Waals surface area contributed by atoms with Crippen molar-refractivity contribution in [2.75, 3.05) is 12.4 Å². The van der Waals surface area contributed by atoms with Crippen molar-refractivity contribution in [2.45, 2.75) is 12.5 Å². The van der Waals surface area contributed by atoms with Crippen LogP contribution in [0, 0.1) is 0 Å². The molecule has 6 heteroatoms. The van der Waals surface area contributed by atoms with Gasteiger partial charge in [-0.3, -0.25) is 4.79 Å². The summed E-state index contributed by atoms with van der Waals surface area (Å²) in [5.41, 5.74) is 1.52. The number of hydrogen-bond acceptors (Lipinski definition) is 5. The Balaban J connectivity index is 1.68. The van der Waals surface area contributed by atoms with Gasteiger partial charge >= 0.3 is 0 Å². The van der Waals surface area contributed by atoms with E-state index in [0.29, 0.717) is 23.7 Å². The Kier molecular flexibility index (Phi) is 4.00. The summed E-state index contributed by atoms with van der Waals surface area (Å²) in [4.78, 5) is 21.5. The molecule has 0 aliphatic carbocycles. The second-order valence-electron chi connectivity index (χ2n) is 4.74. The van der Waals surface area contributed by atoms with E-state index in [1.807, 2.05) is 24.3 Å². The number of ether oxygens (including phenoxy) is 1. The average Bonchev–Trinajstić information content (AvgIpc) is 3.05. The topological polar surface area (TPSA) is 72.8 Å². The summed E-state index contributed by atoms with van der Waals surface area (Å²) in [5.74, 6) is 0.921. The van der Waals surface area contributed by atoms with Crippen molar-refractivity contribution in [1.29, 1.82) is 0 Å². The maximum atomic E-state index is 12.2. The van der Waals surface area contributed by atoms with Crippen LogP contribution in [-0.2, 0) is 9.63 Å². The molecule has 22 heavy (non-hydrogen) atoms. The first-order chi connectivity index (χ1) is 10.8. The molecule has 1 aliphatic rings. The molecule has 0 spiro atoms. The van der Waals surface area contributed by atoms with Gasteiger partial charge in [-0.1, -0.05) is 23.4 Å². The molecule has 1 N–H and O–H groups in total. The molecule has 3 rings (SSSR count). The standard InChI is InChI=1S/C16H15N3O3/c1-21-13-7-3-2-6-11(13)12-10-14(22-19-12)16(20)18-15-8-4-5-9-17-15/h2-9,14H,10H2,1H3,(H,17,18,20). The Labute approximate surface area is 127 Å². The first kappa shape index (κ1) is 14.1. The molecule has 1 atom stereocenters. The zero-order valence-corrected chi connectivity index (χ0v) is 12.0. The number of aromatic nitrogens is 1. The van der Waals surface area contributed by atoms with Crippen molar-refractivity contribution in [3.8, 4) is 5.75 Å². The van der Waals surface area contributed by atoms with Crippen molar-refractivity contribution in [2.24, 2.45) is 5.16 Å². The monoisotopic (exact) mass is 297 g/mol. The van der Waals surface area contributed by atoms with Crippen LogP contribution in [0.3, 0.4) is 0 Å². The van der Waals surface area contributed by atoms with Gasteiger partial charge < -0.3 is 14.9 Å². The summed E-state index contributed by atoms with van der Waals surface area (Å²) >= 11 is 0. The lowest BCUT2D eigenvalue weighted by molar-refractivity contribution is -0.125. The fourth-order valence-electron chi connectivity index (χ4n) is 2.20. The van der Waals surface area contributed by atoms with E-state index in [4.69, 9.17) is 9.57 Å². The lowest BCUT2D eigenvalue weighted by atomic mass is 10.0. The third-order valence-electron chi connectivity index (χ3n) is 3.30. The van der Waals surface area contributed by atoms with Crippen molar-refractivity contribution >= 4 is 17.4 Å². The predicted octanol–water partition coefficient (Wildman–Crippen LogP) is 2.22. The number of rotatable bonds is 4. The molecule has 0 fully saturated rings. The molecule has 1 aromatic heterocycles. The summed E-state index contributed by atoms with van der Waals surface area (Å²) in [6.07, 6.45) is 1.34. The van der Waals surface area contributed by atoms with Crippen molar-refractivity contribution in [1.82, 2.24) is 4.98 Å². The number of carbonyl (C=O) groups excluding carboxylic acids is 1. The fourth-order valence-corrected chi connectivity index (χ4v) is 2.20. The van der Waals surface area contributed by atoms with Gasteiger partial charge in [0.15, 0.2) is 0 Å². The summed E-state index contributed by atoms with van der Waals surface area (Å²) in [7, 11) is 1.60. The molecule has 2 aromatic rings. The summed E-state index contributed by atoms with van der Waals surface area (Å²) in [6.45, 7) is 0. The van der Waals surface area contributed by atoms with Crippen LogP contribution < -0.4 is 10.1 Å². The fraction of sp³-hybridized carbons (Fsp3) is 0.188. The highest BCUT2D eigenvalue weighted by Gasteiger charge is 2.30. The average molecular weight is 297 g/mol. The minimum atomic E-state index is -0.665. The van der Waals surface area contributed by atoms with Gasteiger partial charge in [0.25, 0.3) is 5.91 Å². The number of methoxy groups -OCH3 is 1. The number of amides is 1. The number of pyridine rings is 1. The zero-order chi connectivity index (χ0) is 15.4. The van der Waals surface area contributed by atoms with Crippen LogP contribution >= 0.6 is 0 Å². The second kappa shape index (κ2) is 6.26. The van der Waals surface area contributed by atoms with Crippen LogP contribution in [0.4, 0.5) is 5.82 Å². The van der Waals surface area contributed by atoms with Gasteiger partial charge in [0.1, 0.15) is 11.6 Å². The molecule has 0 radical (unpaired) electrons. The molecule has 2 heterocycles. The van der Waals surface area contributed by atoms with E-state index in [1.54, 1.807) is 31.5 Å². The van der Waals surface area contributed by atoms with Crippen LogP contribution in [0.15, 0.2) is 53.8 Å². The van der Waals surface area contributed by atoms with Gasteiger partial charge in [-0.2, -0.15) is 0 Å². The minimum absolute atomic E-state index is 0.271. The maximum Gasteiger partial charge on any atom is 0.269 e. The number of nitrogens with one attached hydrogen (secondary N) is 1. The number of oxime groups is 1. The number of para-hydroxylation sites is 1. The van der Waals surface area contributed by atoms with Crippen molar-refractivity contribution in [3.05, 3.63) is 54.2 Å². The highest BCUT2D eigenvalue weighted by atomic mass is 16.6. The normalized spacial score (nSPS) is 16.6. The Bertz CT molecular complexity index is 701. The molecule has 1 amide bonds. The van der Waals surface area contributed by atoms with E-state index in [1.165, 1.54) is 0 Å². The van der Waals surface area contributed by atoms with E-state index in [0.717, 1.165) is 5.56 Å². The van der Waals surface area contributed by atoms with Gasteiger partial charge in [0.2, 0.25) is 6.10 Å². The van der Waals surface area contributed by atoms with E-state index in [-0.39, 0.29) is 5.91 Å². The number of benzene rings is 1. The number of carbonyl (C=O) groups is 1. The highest BCUT2D eigenvalue weighted by Crippen LogP contribution is 2.24. The van der Waals surface area contributed by atoms with Crippen LogP contribution in [0.1, 0.15) is 12.0 Å². The summed E-state index contributed by atoms with van der Waals surface area (Å²) in [5, 5.41) is 6.72. The third-order valence-corrected chi connectivity index (χ3v) is 3.30. The van der Waals surface area contributed by atoms with E-state index < -0.39 is 6.10 Å². The smallest absolute Gasteiger partial charge is 0.269 e. The second-order valence-corrected chi connectivity index (χ2v) is 4.74. The summed E-state index contributed by atoms with van der Waals surface area (Å²) in [6, 6.07) is 12.8. The van der Waals surface area contributed by atoms with Gasteiger partial charge in [-0.05, 0) is 24.3 Å². The Morgan fingerprint density at radius 1 is 1.27 bits per heavy atom. The van der Waals surface area contributed by atoms with Gasteiger partial charge in [-0.15, -0.1) is 0 Å². The van der Waals surface area contributed by atoms with E-state index in [9.17, 15) is 4.79 Å². The van der Waals surface area contributed by atoms with Crippen LogP contribution in [0.2, 0.25) is 0 Å². The van der Waals surface area contributed by atoms with Crippen LogP contribution in [0.25, 0.3) is 0 Å². The lowest BCUT2D eigenvalue weighted by Crippen LogP contribution is -2.28. The Hall–Kier alpha value is -2.89. The Morgan fingerprint density at radius 3 is 2.86 bits per heavy atom. The van der Waals surface area contributed by atoms with Gasteiger partial charge in [-0.25, -0.2) is 4.98 Å². The molecular weight excluding hydrogens is 282 g/mol. The summed E-state index contributed by atoms with van der Waals surface area (Å²) < 4.78 is 5.30. The molecule has 1 aromatic carbocycles. The quantitative estimate of drug-likeness (QED) is 0.939. The predicted molar refractivity (Wildman–Crippen MR) is 81.9 cm³/mol. The molecule has 1 unspecified atom stereocenters. The first-order valence-corrected chi connectivity index (χ1v) is 6.86. The number of hydrogen-bond donors (Lipinski definition) is 1.